The van der Waals surface area contributed by atoms with Crippen LogP contribution in [0.2, 0.25) is 5.02 Å². The summed E-state index contributed by atoms with van der Waals surface area (Å²) in [5.74, 6) is 1.54. The summed E-state index contributed by atoms with van der Waals surface area (Å²) >= 11 is 7.35. The molecule has 7 nitrogen and oxygen atoms in total. The van der Waals surface area contributed by atoms with Gasteiger partial charge in [0.05, 0.1) is 28.6 Å². The lowest BCUT2D eigenvalue weighted by molar-refractivity contribution is 0.494. The fraction of sp³-hybridized carbons (Fsp3) is 0.0476. The number of aromatic nitrogens is 4. The molecule has 0 saturated carbocycles. The Balaban J connectivity index is 1.53. The molecular formula is C21H13ClN4O3S. The molecule has 5 aromatic rings. The Morgan fingerprint density at radius 1 is 1.00 bits per heavy atom. The fourth-order valence-electron chi connectivity index (χ4n) is 2.97. The van der Waals surface area contributed by atoms with Crippen molar-refractivity contribution in [3.8, 4) is 17.3 Å². The van der Waals surface area contributed by atoms with E-state index in [4.69, 9.17) is 25.4 Å². The Labute approximate surface area is 179 Å². The number of furan rings is 1. The molecule has 0 aliphatic rings. The van der Waals surface area contributed by atoms with Crippen LogP contribution in [0.15, 0.2) is 85.7 Å². The molecule has 0 atom stereocenters. The van der Waals surface area contributed by atoms with Gasteiger partial charge in [-0.2, -0.15) is 0 Å². The molecule has 0 N–H and O–H groups in total. The van der Waals surface area contributed by atoms with Crippen LogP contribution in [0.3, 0.4) is 0 Å². The maximum Gasteiger partial charge on any atom is 0.283 e. The van der Waals surface area contributed by atoms with Crippen molar-refractivity contribution in [3.63, 3.8) is 0 Å². The summed E-state index contributed by atoms with van der Waals surface area (Å²) in [6.07, 6.45) is 1.54. The number of thioether (sulfide) groups is 1. The van der Waals surface area contributed by atoms with E-state index in [1.165, 1.54) is 18.0 Å². The molecule has 2 aromatic carbocycles. The van der Waals surface area contributed by atoms with Crippen molar-refractivity contribution in [2.75, 3.05) is 0 Å². The van der Waals surface area contributed by atoms with Gasteiger partial charge in [0, 0.05) is 5.02 Å². The predicted octanol–water partition coefficient (Wildman–Crippen LogP) is 4.97. The number of halogens is 1. The van der Waals surface area contributed by atoms with E-state index < -0.39 is 0 Å². The Morgan fingerprint density at radius 2 is 1.83 bits per heavy atom. The van der Waals surface area contributed by atoms with Gasteiger partial charge < -0.3 is 8.83 Å². The van der Waals surface area contributed by atoms with Gasteiger partial charge in [0.1, 0.15) is 0 Å². The lowest BCUT2D eigenvalue weighted by Gasteiger charge is -2.12. The average molecular weight is 437 g/mol. The lowest BCUT2D eigenvalue weighted by Crippen LogP contribution is -2.21. The molecule has 0 aliphatic carbocycles. The van der Waals surface area contributed by atoms with Crippen LogP contribution in [-0.2, 0) is 5.75 Å². The quantitative estimate of drug-likeness (QED) is 0.284. The van der Waals surface area contributed by atoms with Crippen LogP contribution in [0.5, 0.6) is 0 Å². The molecule has 0 saturated heterocycles. The third-order valence-electron chi connectivity index (χ3n) is 4.35. The first kappa shape index (κ1) is 18.7. The summed E-state index contributed by atoms with van der Waals surface area (Å²) in [5.41, 5.74) is 1.14. The molecule has 0 fully saturated rings. The highest BCUT2D eigenvalue weighted by atomic mass is 35.5. The number of para-hydroxylation sites is 1. The van der Waals surface area contributed by atoms with Gasteiger partial charge in [0.25, 0.3) is 11.4 Å². The van der Waals surface area contributed by atoms with Crippen molar-refractivity contribution in [2.24, 2.45) is 0 Å². The lowest BCUT2D eigenvalue weighted by atomic mass is 10.2. The summed E-state index contributed by atoms with van der Waals surface area (Å²) in [4.78, 5) is 17.9. The second-order valence-corrected chi connectivity index (χ2v) is 7.67. The summed E-state index contributed by atoms with van der Waals surface area (Å²) in [6.45, 7) is 0. The molecule has 5 rings (SSSR count). The molecule has 0 unspecified atom stereocenters. The molecule has 9 heteroatoms. The van der Waals surface area contributed by atoms with E-state index in [2.05, 4.69) is 10.2 Å². The van der Waals surface area contributed by atoms with Crippen LogP contribution in [0.1, 0.15) is 5.89 Å². The largest absolute Gasteiger partial charge is 0.459 e. The molecular weight excluding hydrogens is 424 g/mol. The first-order valence-corrected chi connectivity index (χ1v) is 10.3. The highest BCUT2D eigenvalue weighted by Gasteiger charge is 2.16. The van der Waals surface area contributed by atoms with Gasteiger partial charge in [-0.25, -0.2) is 4.98 Å². The van der Waals surface area contributed by atoms with Crippen LogP contribution in [0.4, 0.5) is 0 Å². The zero-order valence-electron chi connectivity index (χ0n) is 15.4. The van der Waals surface area contributed by atoms with Crippen LogP contribution < -0.4 is 5.56 Å². The minimum absolute atomic E-state index is 0.160. The summed E-state index contributed by atoms with van der Waals surface area (Å²) in [6, 6.07) is 17.8. The van der Waals surface area contributed by atoms with Crippen molar-refractivity contribution in [2.45, 2.75) is 10.9 Å². The van der Waals surface area contributed by atoms with Crippen molar-refractivity contribution in [1.82, 2.24) is 19.7 Å². The SMILES string of the molecule is O=c1c2ccccc2nc(SCc2nnc(-c3ccco3)o2)n1-c1ccc(Cl)cc1. The normalized spacial score (nSPS) is 11.2. The van der Waals surface area contributed by atoms with Crippen molar-refractivity contribution in [3.05, 3.63) is 88.2 Å². The maximum atomic E-state index is 13.2. The zero-order valence-corrected chi connectivity index (χ0v) is 16.9. The summed E-state index contributed by atoms with van der Waals surface area (Å²) < 4.78 is 12.5. The highest BCUT2D eigenvalue weighted by Crippen LogP contribution is 2.26. The van der Waals surface area contributed by atoms with E-state index >= 15 is 0 Å². The van der Waals surface area contributed by atoms with Crippen LogP contribution in [0, 0.1) is 0 Å². The molecule has 3 aromatic heterocycles. The van der Waals surface area contributed by atoms with Crippen molar-refractivity contribution in [1.29, 1.82) is 0 Å². The third kappa shape index (κ3) is 3.51. The summed E-state index contributed by atoms with van der Waals surface area (Å²) in [7, 11) is 0. The molecule has 0 spiro atoms. The van der Waals surface area contributed by atoms with Gasteiger partial charge in [-0.1, -0.05) is 35.5 Å². The van der Waals surface area contributed by atoms with E-state index in [1.54, 1.807) is 47.0 Å². The molecule has 0 bridgehead atoms. The second kappa shape index (κ2) is 7.81. The number of nitrogens with zero attached hydrogens (tertiary/aromatic N) is 4. The van der Waals surface area contributed by atoms with E-state index in [0.29, 0.717) is 50.1 Å². The van der Waals surface area contributed by atoms with Crippen LogP contribution in [-0.4, -0.2) is 19.7 Å². The molecule has 30 heavy (non-hydrogen) atoms. The second-order valence-electron chi connectivity index (χ2n) is 6.30. The van der Waals surface area contributed by atoms with Gasteiger partial charge in [0.15, 0.2) is 10.9 Å². The van der Waals surface area contributed by atoms with Crippen LogP contribution in [0.25, 0.3) is 28.2 Å². The maximum absolute atomic E-state index is 13.2. The smallest absolute Gasteiger partial charge is 0.283 e. The predicted molar refractivity (Wildman–Crippen MR) is 114 cm³/mol. The Kier molecular flexibility index (Phi) is 4.86. The van der Waals surface area contributed by atoms with Crippen LogP contribution >= 0.6 is 23.4 Å². The molecule has 0 amide bonds. The topological polar surface area (TPSA) is 86.9 Å². The Bertz CT molecular complexity index is 1380. The standard InChI is InChI=1S/C21H13ClN4O3S/c22-13-7-9-14(10-8-13)26-20(27)15-4-1-2-5-16(15)23-21(26)30-12-18-24-25-19(29-18)17-6-3-11-28-17/h1-11H,12H2. The monoisotopic (exact) mass is 436 g/mol. The number of hydrogen-bond acceptors (Lipinski definition) is 7. The molecule has 148 valence electrons. The van der Waals surface area contributed by atoms with E-state index in [-0.39, 0.29) is 5.56 Å². The van der Waals surface area contributed by atoms with Gasteiger partial charge in [-0.05, 0) is 48.5 Å². The molecule has 0 radical (unpaired) electrons. The first-order chi connectivity index (χ1) is 14.7. The average Bonchev–Trinajstić information content (AvgIpc) is 3.45. The minimum atomic E-state index is -0.160. The number of fused-ring (bicyclic) bond motifs is 1. The zero-order chi connectivity index (χ0) is 20.5. The summed E-state index contributed by atoms with van der Waals surface area (Å²) in [5, 5.41) is 9.70. The van der Waals surface area contributed by atoms with E-state index in [1.807, 2.05) is 18.2 Å². The van der Waals surface area contributed by atoms with Gasteiger partial charge in [-0.3, -0.25) is 9.36 Å². The number of rotatable bonds is 5. The first-order valence-electron chi connectivity index (χ1n) is 8.96. The van der Waals surface area contributed by atoms with Crippen molar-refractivity contribution >= 4 is 34.3 Å². The van der Waals surface area contributed by atoms with Gasteiger partial charge in [-0.15, -0.1) is 10.2 Å². The Hall–Kier alpha value is -3.36. The number of hydrogen-bond donors (Lipinski definition) is 0. The highest BCUT2D eigenvalue weighted by molar-refractivity contribution is 7.98. The van der Waals surface area contributed by atoms with Gasteiger partial charge in [0.2, 0.25) is 5.89 Å². The molecule has 3 heterocycles. The van der Waals surface area contributed by atoms with Crippen molar-refractivity contribution < 1.29 is 8.83 Å². The van der Waals surface area contributed by atoms with E-state index in [0.717, 1.165) is 0 Å². The fourth-order valence-corrected chi connectivity index (χ4v) is 3.94. The van der Waals surface area contributed by atoms with E-state index in [9.17, 15) is 4.79 Å². The Morgan fingerprint density at radius 3 is 2.63 bits per heavy atom. The third-order valence-corrected chi connectivity index (χ3v) is 5.53. The molecule has 0 aliphatic heterocycles. The minimum Gasteiger partial charge on any atom is -0.459 e. The number of benzene rings is 2. The van der Waals surface area contributed by atoms with Gasteiger partial charge >= 0.3 is 0 Å².